The van der Waals surface area contributed by atoms with Gasteiger partial charge in [-0.2, -0.15) is 26.3 Å². The Morgan fingerprint density at radius 3 is 2.10 bits per heavy atom. The maximum Gasteiger partial charge on any atom is 0.435 e. The van der Waals surface area contributed by atoms with Crippen molar-refractivity contribution in [3.8, 4) is 0 Å². The molecule has 2 aromatic carbocycles. The molecule has 1 aromatic heterocycles. The number of hydrogen-bond acceptors (Lipinski definition) is 3. The van der Waals surface area contributed by atoms with E-state index in [1.165, 1.54) is 48.5 Å². The van der Waals surface area contributed by atoms with Crippen LogP contribution in [0.5, 0.6) is 0 Å². The molecule has 220 valence electrons. The zero-order valence-electron chi connectivity index (χ0n) is 20.8. The number of anilines is 2. The molecular formula is C25H18BrClF8N3O3+. The molecule has 41 heavy (non-hydrogen) atoms. The molecule has 0 aliphatic rings. The lowest BCUT2D eigenvalue weighted by Gasteiger charge is -2.30. The van der Waals surface area contributed by atoms with Crippen molar-refractivity contribution in [1.82, 2.24) is 0 Å². The van der Waals surface area contributed by atoms with E-state index in [1.807, 2.05) is 0 Å². The van der Waals surface area contributed by atoms with Crippen molar-refractivity contribution in [1.29, 1.82) is 0 Å². The Balaban J connectivity index is 1.97. The zero-order valence-corrected chi connectivity index (χ0v) is 23.1. The molecule has 1 heterocycles. The fourth-order valence-electron chi connectivity index (χ4n) is 3.72. The summed E-state index contributed by atoms with van der Waals surface area (Å²) in [4.78, 5) is 32.0. The molecule has 1 N–H and O–H groups in total. The summed E-state index contributed by atoms with van der Waals surface area (Å²) in [5, 5.41) is 1.18. The minimum Gasteiger partial charge on any atom is -0.320 e. The van der Waals surface area contributed by atoms with Crippen LogP contribution < -0.4 is 19.8 Å². The second kappa shape index (κ2) is 11.8. The van der Waals surface area contributed by atoms with Gasteiger partial charge in [0.15, 0.2) is 5.82 Å². The lowest BCUT2D eigenvalue weighted by atomic mass is 9.94. The second-order valence-corrected chi connectivity index (χ2v) is 9.50. The number of nitrogens with one attached hydrogen (secondary N) is 1. The van der Waals surface area contributed by atoms with E-state index >= 15 is 4.39 Å². The van der Waals surface area contributed by atoms with Gasteiger partial charge in [0.2, 0.25) is 12.4 Å². The third-order valence-electron chi connectivity index (χ3n) is 5.79. The van der Waals surface area contributed by atoms with Crippen molar-refractivity contribution in [3.63, 3.8) is 0 Å². The minimum atomic E-state index is -6.39. The Bertz CT molecular complexity index is 1430. The van der Waals surface area contributed by atoms with Crippen LogP contribution >= 0.6 is 27.5 Å². The minimum absolute atomic E-state index is 0.0256. The second-order valence-electron chi connectivity index (χ2n) is 8.24. The summed E-state index contributed by atoms with van der Waals surface area (Å²) in [6, 6.07) is 6.52. The third kappa shape index (κ3) is 6.10. The first-order chi connectivity index (χ1) is 19.0. The zero-order chi connectivity index (χ0) is 30.9. The monoisotopic (exact) mass is 674 g/mol. The van der Waals surface area contributed by atoms with E-state index in [-0.39, 0.29) is 29.9 Å². The quantitative estimate of drug-likeness (QED) is 0.222. The molecule has 0 saturated heterocycles. The number of rotatable bonds is 7. The molecule has 2 amide bonds. The van der Waals surface area contributed by atoms with Crippen LogP contribution in [0.1, 0.15) is 33.2 Å². The highest BCUT2D eigenvalue weighted by molar-refractivity contribution is 9.10. The average molecular weight is 676 g/mol. The summed E-state index contributed by atoms with van der Waals surface area (Å²) in [6.45, 7) is 1.52. The third-order valence-corrected chi connectivity index (χ3v) is 6.72. The summed E-state index contributed by atoms with van der Waals surface area (Å²) in [5.41, 5.74) is -9.01. The molecule has 0 fully saturated rings. The molecule has 0 radical (unpaired) electrons. The average Bonchev–Trinajstić information content (AvgIpc) is 2.90. The van der Waals surface area contributed by atoms with E-state index < -0.39 is 62.0 Å². The molecule has 0 aliphatic carbocycles. The Morgan fingerprint density at radius 1 is 1.02 bits per heavy atom. The van der Waals surface area contributed by atoms with E-state index in [0.29, 0.717) is 0 Å². The van der Waals surface area contributed by atoms with Gasteiger partial charge >= 0.3 is 18.0 Å². The summed E-state index contributed by atoms with van der Waals surface area (Å²) in [6.07, 6.45) is -9.92. The van der Waals surface area contributed by atoms with Crippen molar-refractivity contribution < 1.29 is 54.3 Å². The molecule has 3 aromatic rings. The standard InChI is InChI=1S/C25H17BrClF8N3O3/c1-3-38(22(40)13-7-9-37(41-2)10-8-13)18-6-4-5-15(19(18)28)21(39)36-20-16(26)11-14(12-17(20)27)23(29,24(30,31)32)25(33,34)35/h4-12H,3H2,1-2H3/p+1. The van der Waals surface area contributed by atoms with Gasteiger partial charge in [0.05, 0.1) is 27.5 Å². The van der Waals surface area contributed by atoms with Crippen LogP contribution in [0.3, 0.4) is 0 Å². The van der Waals surface area contributed by atoms with E-state index in [2.05, 4.69) is 21.2 Å². The molecule has 3 rings (SSSR count). The highest BCUT2D eigenvalue weighted by Gasteiger charge is 2.73. The van der Waals surface area contributed by atoms with Crippen LogP contribution in [0.2, 0.25) is 5.02 Å². The van der Waals surface area contributed by atoms with Gasteiger partial charge in [-0.25, -0.2) is 8.78 Å². The van der Waals surface area contributed by atoms with E-state index in [4.69, 9.17) is 16.4 Å². The van der Waals surface area contributed by atoms with Gasteiger partial charge < -0.3 is 10.2 Å². The number of pyridine rings is 1. The van der Waals surface area contributed by atoms with Crippen LogP contribution in [-0.2, 0) is 5.67 Å². The van der Waals surface area contributed by atoms with E-state index in [0.717, 1.165) is 11.0 Å². The van der Waals surface area contributed by atoms with Gasteiger partial charge in [0.1, 0.15) is 7.11 Å². The Morgan fingerprint density at radius 2 is 1.61 bits per heavy atom. The van der Waals surface area contributed by atoms with Crippen LogP contribution in [0.4, 0.5) is 46.5 Å². The van der Waals surface area contributed by atoms with Crippen molar-refractivity contribution in [2.75, 3.05) is 23.9 Å². The maximum atomic E-state index is 15.5. The summed E-state index contributed by atoms with van der Waals surface area (Å²) in [7, 11) is 1.39. The molecule has 0 saturated carbocycles. The largest absolute Gasteiger partial charge is 0.435 e. The number of aromatic nitrogens is 1. The number of halogens is 10. The first-order valence-corrected chi connectivity index (χ1v) is 12.4. The Hall–Kier alpha value is -3.46. The van der Waals surface area contributed by atoms with Crippen molar-refractivity contribution >= 4 is 50.7 Å². The first kappa shape index (κ1) is 32.1. The highest BCUT2D eigenvalue weighted by atomic mass is 79.9. The molecule has 0 unspecified atom stereocenters. The van der Waals surface area contributed by atoms with Crippen LogP contribution in [-0.4, -0.2) is 37.8 Å². The SMILES string of the molecule is CCN(C(=O)c1cc[n+](OC)cc1)c1cccc(C(=O)Nc2c(Cl)cc(C(F)(C(F)(F)F)C(F)(F)F)cc2Br)c1F. The van der Waals surface area contributed by atoms with Gasteiger partial charge in [-0.05, 0) is 47.1 Å². The smallest absolute Gasteiger partial charge is 0.320 e. The first-order valence-electron chi connectivity index (χ1n) is 11.3. The summed E-state index contributed by atoms with van der Waals surface area (Å²) >= 11 is 8.53. The predicted molar refractivity (Wildman–Crippen MR) is 135 cm³/mol. The highest BCUT2D eigenvalue weighted by Crippen LogP contribution is 2.54. The van der Waals surface area contributed by atoms with Crippen LogP contribution in [0.25, 0.3) is 0 Å². The number of alkyl halides is 7. The van der Waals surface area contributed by atoms with Gasteiger partial charge in [0.25, 0.3) is 11.8 Å². The fraction of sp³-hybridized carbons (Fsp3) is 0.240. The Kier molecular flexibility index (Phi) is 9.23. The van der Waals surface area contributed by atoms with Gasteiger partial charge in [-0.3, -0.25) is 14.4 Å². The van der Waals surface area contributed by atoms with E-state index in [1.54, 1.807) is 6.92 Å². The molecular weight excluding hydrogens is 658 g/mol. The number of benzene rings is 2. The summed E-state index contributed by atoms with van der Waals surface area (Å²) in [5.74, 6) is -3.01. The number of hydrogen-bond donors (Lipinski definition) is 1. The molecule has 16 heteroatoms. The van der Waals surface area contributed by atoms with Gasteiger partial charge in [0, 0.05) is 33.4 Å². The molecule has 0 spiro atoms. The molecule has 6 nitrogen and oxygen atoms in total. The Labute approximate surface area is 240 Å². The number of carbonyl (C=O) groups excluding carboxylic acids is 2. The lowest BCUT2D eigenvalue weighted by Crippen LogP contribution is -2.50. The summed E-state index contributed by atoms with van der Waals surface area (Å²) < 4.78 is 110. The predicted octanol–water partition coefficient (Wildman–Crippen LogP) is 6.80. The van der Waals surface area contributed by atoms with Gasteiger partial charge in [-0.15, -0.1) is 0 Å². The van der Waals surface area contributed by atoms with Crippen molar-refractivity contribution in [2.45, 2.75) is 24.9 Å². The maximum absolute atomic E-state index is 15.5. The van der Waals surface area contributed by atoms with Crippen molar-refractivity contribution in [2.24, 2.45) is 0 Å². The molecule has 0 aliphatic heterocycles. The van der Waals surface area contributed by atoms with Crippen molar-refractivity contribution in [3.05, 3.63) is 86.9 Å². The number of amides is 2. The molecule has 0 atom stereocenters. The fourth-order valence-corrected chi connectivity index (χ4v) is 4.66. The number of carbonyl (C=O) groups is 2. The topological polar surface area (TPSA) is 62.5 Å². The molecule has 0 bridgehead atoms. The van der Waals surface area contributed by atoms with Gasteiger partial charge in [-0.1, -0.05) is 17.7 Å². The number of nitrogens with zero attached hydrogens (tertiary/aromatic N) is 2. The van der Waals surface area contributed by atoms with Crippen LogP contribution in [0.15, 0.2) is 59.3 Å². The van der Waals surface area contributed by atoms with Crippen LogP contribution in [0, 0.1) is 5.82 Å². The normalized spacial score (nSPS) is 12.2. The van der Waals surface area contributed by atoms with E-state index in [9.17, 15) is 40.3 Å². The lowest BCUT2D eigenvalue weighted by molar-refractivity contribution is -0.885.